The lowest BCUT2D eigenvalue weighted by Crippen LogP contribution is -2.31. The standard InChI is InChI=1S/C23H29N5O4/c1-7-15(17-12-11-13(2)32-17)25-18-19(23(31)28(6)22(18)30)26-16-10-8-9-14(20(16)29)21(24-3)27(4)5/h8-12,15,25-26,29H,7H2,1-6H3. The highest BCUT2D eigenvalue weighted by molar-refractivity contribution is 6.20. The van der Waals surface area contributed by atoms with Gasteiger partial charge in [-0.25, -0.2) is 0 Å². The Bertz CT molecular complexity index is 1100. The van der Waals surface area contributed by atoms with Gasteiger partial charge in [0.1, 0.15) is 34.5 Å². The molecule has 3 rings (SSSR count). The largest absolute Gasteiger partial charge is 0.505 e. The van der Waals surface area contributed by atoms with Gasteiger partial charge in [0.25, 0.3) is 11.8 Å². The van der Waals surface area contributed by atoms with Crippen LogP contribution in [0.2, 0.25) is 0 Å². The molecule has 1 aliphatic heterocycles. The van der Waals surface area contributed by atoms with Crippen LogP contribution in [-0.2, 0) is 9.59 Å². The number of phenols is 1. The summed E-state index contributed by atoms with van der Waals surface area (Å²) in [5.74, 6) is 0.977. The van der Waals surface area contributed by atoms with Gasteiger partial charge in [0.05, 0.1) is 17.3 Å². The number of imide groups is 1. The predicted molar refractivity (Wildman–Crippen MR) is 122 cm³/mol. The normalized spacial score (nSPS) is 15.4. The molecule has 1 unspecified atom stereocenters. The number of benzene rings is 1. The first-order valence-electron chi connectivity index (χ1n) is 10.3. The molecule has 1 atom stereocenters. The van der Waals surface area contributed by atoms with Gasteiger partial charge in [0.2, 0.25) is 0 Å². The molecule has 0 bridgehead atoms. The second kappa shape index (κ2) is 9.17. The number of aromatic hydroxyl groups is 1. The molecule has 9 nitrogen and oxygen atoms in total. The van der Waals surface area contributed by atoms with E-state index in [-0.39, 0.29) is 28.9 Å². The quantitative estimate of drug-likeness (QED) is 0.263. The van der Waals surface area contributed by atoms with Crippen molar-refractivity contribution in [2.75, 3.05) is 33.5 Å². The topological polar surface area (TPSA) is 110 Å². The van der Waals surface area contributed by atoms with Crippen LogP contribution in [0.4, 0.5) is 5.69 Å². The molecule has 1 aromatic heterocycles. The van der Waals surface area contributed by atoms with E-state index in [1.807, 2.05) is 40.1 Å². The van der Waals surface area contributed by atoms with Crippen LogP contribution in [0.25, 0.3) is 0 Å². The summed E-state index contributed by atoms with van der Waals surface area (Å²) in [6.45, 7) is 3.80. The van der Waals surface area contributed by atoms with Crippen LogP contribution >= 0.6 is 0 Å². The number of amides is 2. The smallest absolute Gasteiger partial charge is 0.279 e. The van der Waals surface area contributed by atoms with Crippen molar-refractivity contribution in [1.29, 1.82) is 0 Å². The van der Waals surface area contributed by atoms with Gasteiger partial charge in [-0.1, -0.05) is 13.0 Å². The molecular formula is C23H29N5O4. The molecule has 3 N–H and O–H groups in total. The summed E-state index contributed by atoms with van der Waals surface area (Å²) in [5, 5.41) is 17.0. The van der Waals surface area contributed by atoms with Crippen LogP contribution in [0.3, 0.4) is 0 Å². The fourth-order valence-corrected chi connectivity index (χ4v) is 3.60. The van der Waals surface area contributed by atoms with E-state index in [1.165, 1.54) is 7.05 Å². The highest BCUT2D eigenvalue weighted by atomic mass is 16.3. The molecule has 1 aliphatic rings. The SMILES string of the molecule is CCC(NC1=C(Nc2cccc(C(=NC)N(C)C)c2O)C(=O)N(C)C1=O)c1ccc(C)o1. The molecule has 1 aromatic carbocycles. The Morgan fingerprint density at radius 3 is 2.44 bits per heavy atom. The number of hydrogen-bond acceptors (Lipinski definition) is 7. The molecule has 0 radical (unpaired) electrons. The summed E-state index contributed by atoms with van der Waals surface area (Å²) < 4.78 is 5.71. The number of nitrogens with one attached hydrogen (secondary N) is 2. The van der Waals surface area contributed by atoms with Gasteiger partial charge >= 0.3 is 0 Å². The summed E-state index contributed by atoms with van der Waals surface area (Å²) in [6, 6.07) is 8.50. The maximum absolute atomic E-state index is 12.8. The zero-order chi connectivity index (χ0) is 23.6. The minimum atomic E-state index is -0.496. The lowest BCUT2D eigenvalue weighted by Gasteiger charge is -2.19. The van der Waals surface area contributed by atoms with E-state index < -0.39 is 11.8 Å². The molecule has 0 aliphatic carbocycles. The summed E-state index contributed by atoms with van der Waals surface area (Å²) in [7, 11) is 6.70. The van der Waals surface area contributed by atoms with Gasteiger partial charge in [-0.05, 0) is 37.6 Å². The Kier molecular flexibility index (Phi) is 6.57. The van der Waals surface area contributed by atoms with Crippen molar-refractivity contribution in [3.63, 3.8) is 0 Å². The van der Waals surface area contributed by atoms with Crippen molar-refractivity contribution in [2.45, 2.75) is 26.3 Å². The van der Waals surface area contributed by atoms with Crippen LogP contribution < -0.4 is 10.6 Å². The Morgan fingerprint density at radius 2 is 1.88 bits per heavy atom. The van der Waals surface area contributed by atoms with Crippen LogP contribution in [-0.4, -0.2) is 60.7 Å². The monoisotopic (exact) mass is 439 g/mol. The van der Waals surface area contributed by atoms with E-state index >= 15 is 0 Å². The van der Waals surface area contributed by atoms with Gasteiger partial charge in [0.15, 0.2) is 0 Å². The molecule has 2 heterocycles. The number of amidine groups is 1. The second-order valence-electron chi connectivity index (χ2n) is 7.74. The molecule has 0 saturated carbocycles. The van der Waals surface area contributed by atoms with Gasteiger partial charge in [-0.15, -0.1) is 0 Å². The first-order chi connectivity index (χ1) is 15.2. The van der Waals surface area contributed by atoms with Crippen molar-refractivity contribution in [2.24, 2.45) is 4.99 Å². The molecule has 9 heteroatoms. The Hall–Kier alpha value is -3.75. The molecule has 2 amide bonds. The number of furan rings is 1. The second-order valence-corrected chi connectivity index (χ2v) is 7.74. The molecule has 2 aromatic rings. The minimum absolute atomic E-state index is 0.0616. The molecule has 32 heavy (non-hydrogen) atoms. The number of aliphatic imine (C=N–C) groups is 1. The molecule has 0 fully saturated rings. The number of likely N-dealkylation sites (N-methyl/N-ethyl adjacent to an activating group) is 1. The van der Waals surface area contributed by atoms with E-state index in [0.29, 0.717) is 23.6 Å². The van der Waals surface area contributed by atoms with Crippen LogP contribution in [0, 0.1) is 6.92 Å². The maximum Gasteiger partial charge on any atom is 0.279 e. The van der Waals surface area contributed by atoms with Gasteiger partial charge < -0.3 is 25.1 Å². The third-order valence-corrected chi connectivity index (χ3v) is 5.29. The average Bonchev–Trinajstić information content (AvgIpc) is 3.27. The molecule has 0 spiro atoms. The van der Waals surface area contributed by atoms with Crippen molar-refractivity contribution >= 4 is 23.3 Å². The fraction of sp³-hybridized carbons (Fsp3) is 0.348. The Morgan fingerprint density at radius 1 is 1.19 bits per heavy atom. The van der Waals surface area contributed by atoms with Crippen molar-refractivity contribution < 1.29 is 19.1 Å². The summed E-state index contributed by atoms with van der Waals surface area (Å²) in [5.41, 5.74) is 0.977. The van der Waals surface area contributed by atoms with E-state index in [0.717, 1.165) is 10.7 Å². The zero-order valence-electron chi connectivity index (χ0n) is 19.2. The highest BCUT2D eigenvalue weighted by Crippen LogP contribution is 2.32. The van der Waals surface area contributed by atoms with Crippen molar-refractivity contribution in [3.8, 4) is 5.75 Å². The first-order valence-corrected chi connectivity index (χ1v) is 10.3. The predicted octanol–water partition coefficient (Wildman–Crippen LogP) is 2.59. The van der Waals surface area contributed by atoms with Gasteiger partial charge in [0, 0.05) is 28.2 Å². The van der Waals surface area contributed by atoms with E-state index in [4.69, 9.17) is 4.42 Å². The number of carbonyl (C=O) groups is 2. The van der Waals surface area contributed by atoms with Crippen molar-refractivity contribution in [1.82, 2.24) is 15.1 Å². The maximum atomic E-state index is 12.8. The van der Waals surface area contributed by atoms with Gasteiger partial charge in [-0.2, -0.15) is 0 Å². The number of aryl methyl sites for hydroxylation is 1. The first kappa shape index (κ1) is 22.9. The lowest BCUT2D eigenvalue weighted by atomic mass is 10.1. The minimum Gasteiger partial charge on any atom is -0.505 e. The third-order valence-electron chi connectivity index (χ3n) is 5.29. The van der Waals surface area contributed by atoms with Crippen molar-refractivity contribution in [3.05, 3.63) is 58.8 Å². The van der Waals surface area contributed by atoms with E-state index in [9.17, 15) is 14.7 Å². The van der Waals surface area contributed by atoms with E-state index in [1.54, 1.807) is 30.1 Å². The zero-order valence-corrected chi connectivity index (χ0v) is 19.2. The molecule has 170 valence electrons. The van der Waals surface area contributed by atoms with Crippen LogP contribution in [0.15, 0.2) is 51.1 Å². The van der Waals surface area contributed by atoms with Crippen LogP contribution in [0.5, 0.6) is 5.75 Å². The average molecular weight is 440 g/mol. The fourth-order valence-electron chi connectivity index (χ4n) is 3.60. The van der Waals surface area contributed by atoms with E-state index in [2.05, 4.69) is 15.6 Å². The summed E-state index contributed by atoms with van der Waals surface area (Å²) in [6.07, 6.45) is 0.634. The number of hydrogen-bond donors (Lipinski definition) is 3. The lowest BCUT2D eigenvalue weighted by molar-refractivity contribution is -0.136. The Labute approximate surface area is 187 Å². The number of nitrogens with zero attached hydrogens (tertiary/aromatic N) is 3. The number of rotatable bonds is 7. The highest BCUT2D eigenvalue weighted by Gasteiger charge is 2.38. The molecular weight excluding hydrogens is 410 g/mol. The van der Waals surface area contributed by atoms with Gasteiger partial charge in [-0.3, -0.25) is 19.5 Å². The number of carbonyl (C=O) groups excluding carboxylic acids is 2. The summed E-state index contributed by atoms with van der Waals surface area (Å²) >= 11 is 0. The molecule has 0 saturated heterocycles. The number of para-hydroxylation sites is 1. The number of phenolic OH excluding ortho intramolecular Hbond substituents is 1. The Balaban J connectivity index is 2.01. The third kappa shape index (κ3) is 4.18. The summed E-state index contributed by atoms with van der Waals surface area (Å²) in [4.78, 5) is 32.7. The number of anilines is 1. The van der Waals surface area contributed by atoms with Crippen LogP contribution in [0.1, 0.15) is 36.5 Å².